The van der Waals surface area contributed by atoms with Crippen LogP contribution in [0.2, 0.25) is 0 Å². The molecule has 0 aromatic heterocycles. The summed E-state index contributed by atoms with van der Waals surface area (Å²) in [6.45, 7) is 5.50. The van der Waals surface area contributed by atoms with Gasteiger partial charge in [0.1, 0.15) is 5.44 Å². The van der Waals surface area contributed by atoms with Crippen LogP contribution in [-0.2, 0) is 33.3 Å². The number of carbonyl (C=O) groups is 3. The first-order valence-electron chi connectivity index (χ1n) is 9.28. The molecule has 5 atom stereocenters. The number of benzene rings is 1. The lowest BCUT2D eigenvalue weighted by Gasteiger charge is -2.43. The zero-order valence-corrected chi connectivity index (χ0v) is 17.7. The lowest BCUT2D eigenvalue weighted by atomic mass is 10.00. The highest BCUT2D eigenvalue weighted by Gasteiger charge is 2.50. The van der Waals surface area contributed by atoms with E-state index >= 15 is 0 Å². The molecule has 0 aliphatic carbocycles. The zero-order valence-electron chi connectivity index (χ0n) is 16.9. The summed E-state index contributed by atoms with van der Waals surface area (Å²) >= 11 is 1.40. The summed E-state index contributed by atoms with van der Waals surface area (Å²) in [5, 5.41) is 0. The average molecular weight is 422 g/mol. The smallest absolute Gasteiger partial charge is 0.303 e. The second-order valence-corrected chi connectivity index (χ2v) is 7.71. The monoisotopic (exact) mass is 422 g/mol. The Morgan fingerprint density at radius 1 is 0.931 bits per heavy atom. The van der Waals surface area contributed by atoms with Crippen LogP contribution in [0.3, 0.4) is 0 Å². The van der Waals surface area contributed by atoms with Crippen LogP contribution in [0, 0.1) is 0 Å². The molecule has 158 valence electrons. The minimum atomic E-state index is -0.959. The SMILES string of the molecule is CC(=O)O[C@@H]1[C@H](OC(C)=O)[C@@H](SC/C=C/c2ccccc2)O[C@H](C)[C@H]1OC(C)=O. The van der Waals surface area contributed by atoms with Crippen LogP contribution in [0.15, 0.2) is 36.4 Å². The fourth-order valence-corrected chi connectivity index (χ4v) is 4.05. The van der Waals surface area contributed by atoms with Gasteiger partial charge < -0.3 is 18.9 Å². The Hall–Kier alpha value is -2.32. The van der Waals surface area contributed by atoms with Gasteiger partial charge in [-0.3, -0.25) is 14.4 Å². The van der Waals surface area contributed by atoms with Gasteiger partial charge in [0.25, 0.3) is 0 Å². The lowest BCUT2D eigenvalue weighted by Crippen LogP contribution is -2.59. The summed E-state index contributed by atoms with van der Waals surface area (Å²) in [5.41, 5.74) is 0.473. The van der Waals surface area contributed by atoms with Gasteiger partial charge in [0, 0.05) is 26.5 Å². The molecule has 1 aliphatic heterocycles. The van der Waals surface area contributed by atoms with Crippen molar-refractivity contribution in [3.8, 4) is 0 Å². The quantitative estimate of drug-likeness (QED) is 0.490. The van der Waals surface area contributed by atoms with Crippen molar-refractivity contribution < 1.29 is 33.3 Å². The molecule has 1 aliphatic rings. The molecule has 1 aromatic rings. The van der Waals surface area contributed by atoms with Crippen molar-refractivity contribution in [2.75, 3.05) is 5.75 Å². The first-order chi connectivity index (χ1) is 13.8. The number of thioether (sulfide) groups is 1. The highest BCUT2D eigenvalue weighted by atomic mass is 32.2. The predicted octanol–water partition coefficient (Wildman–Crippen LogP) is 2.97. The van der Waals surface area contributed by atoms with Crippen LogP contribution in [0.4, 0.5) is 0 Å². The molecule has 29 heavy (non-hydrogen) atoms. The Bertz CT molecular complexity index is 734. The van der Waals surface area contributed by atoms with Crippen LogP contribution in [0.1, 0.15) is 33.3 Å². The van der Waals surface area contributed by atoms with E-state index < -0.39 is 47.8 Å². The predicted molar refractivity (Wildman–Crippen MR) is 109 cm³/mol. The number of ether oxygens (including phenoxy) is 4. The minimum Gasteiger partial charge on any atom is -0.456 e. The normalized spacial score (nSPS) is 26.7. The third-order valence-electron chi connectivity index (χ3n) is 4.10. The maximum Gasteiger partial charge on any atom is 0.303 e. The first kappa shape index (κ1) is 23.0. The van der Waals surface area contributed by atoms with Crippen molar-refractivity contribution in [1.29, 1.82) is 0 Å². The standard InChI is InChI=1S/C21H26O7S/c1-13-18(26-14(2)22)19(27-15(3)23)20(28-16(4)24)21(25-13)29-12-8-11-17-9-6-5-7-10-17/h5-11,13,18-21H,12H2,1-4H3/b11-8+/t13-,18-,19+,20+,21-/m1/s1. The van der Waals surface area contributed by atoms with Crippen molar-refractivity contribution in [2.45, 2.75) is 57.5 Å². The van der Waals surface area contributed by atoms with E-state index in [2.05, 4.69) is 0 Å². The molecular formula is C21H26O7S. The van der Waals surface area contributed by atoms with Crippen LogP contribution >= 0.6 is 11.8 Å². The highest BCUT2D eigenvalue weighted by Crippen LogP contribution is 2.34. The van der Waals surface area contributed by atoms with Gasteiger partial charge in [-0.2, -0.15) is 0 Å². The molecule has 1 fully saturated rings. The molecule has 0 saturated carbocycles. The van der Waals surface area contributed by atoms with E-state index in [1.54, 1.807) is 6.92 Å². The topological polar surface area (TPSA) is 88.1 Å². The van der Waals surface area contributed by atoms with Crippen molar-refractivity contribution in [3.63, 3.8) is 0 Å². The van der Waals surface area contributed by atoms with Gasteiger partial charge in [-0.15, -0.1) is 11.8 Å². The fourth-order valence-electron chi connectivity index (χ4n) is 3.00. The Morgan fingerprint density at radius 2 is 1.48 bits per heavy atom. The summed E-state index contributed by atoms with van der Waals surface area (Å²) in [6, 6.07) is 9.83. The maximum absolute atomic E-state index is 11.7. The number of esters is 3. The molecule has 8 heteroatoms. The molecule has 0 N–H and O–H groups in total. The van der Waals surface area contributed by atoms with E-state index in [1.807, 2.05) is 42.5 Å². The van der Waals surface area contributed by atoms with E-state index in [1.165, 1.54) is 32.5 Å². The third-order valence-corrected chi connectivity index (χ3v) is 5.19. The minimum absolute atomic E-state index is 0.541. The first-order valence-corrected chi connectivity index (χ1v) is 10.3. The van der Waals surface area contributed by atoms with E-state index in [-0.39, 0.29) is 0 Å². The summed E-state index contributed by atoms with van der Waals surface area (Å²) in [7, 11) is 0. The molecule has 1 aromatic carbocycles. The highest BCUT2D eigenvalue weighted by molar-refractivity contribution is 7.99. The van der Waals surface area contributed by atoms with Crippen LogP contribution in [0.25, 0.3) is 6.08 Å². The van der Waals surface area contributed by atoms with Gasteiger partial charge in [-0.25, -0.2) is 0 Å². The molecule has 0 spiro atoms. The maximum atomic E-state index is 11.7. The Labute approximate surface area is 174 Å². The third kappa shape index (κ3) is 7.21. The summed E-state index contributed by atoms with van der Waals surface area (Å²) < 4.78 is 22.1. The average Bonchev–Trinajstić information content (AvgIpc) is 2.64. The van der Waals surface area contributed by atoms with Gasteiger partial charge >= 0.3 is 17.9 Å². The molecule has 7 nitrogen and oxygen atoms in total. The van der Waals surface area contributed by atoms with Crippen molar-refractivity contribution >= 4 is 35.7 Å². The van der Waals surface area contributed by atoms with Crippen molar-refractivity contribution in [3.05, 3.63) is 42.0 Å². The van der Waals surface area contributed by atoms with E-state index in [0.717, 1.165) is 5.56 Å². The lowest BCUT2D eigenvalue weighted by molar-refractivity contribution is -0.228. The number of hydrogen-bond donors (Lipinski definition) is 0. The van der Waals surface area contributed by atoms with Crippen LogP contribution in [0.5, 0.6) is 0 Å². The largest absolute Gasteiger partial charge is 0.456 e. The van der Waals surface area contributed by atoms with Crippen molar-refractivity contribution in [1.82, 2.24) is 0 Å². The summed E-state index contributed by atoms with van der Waals surface area (Å²) in [5.74, 6) is -1.07. The molecule has 1 saturated heterocycles. The zero-order chi connectivity index (χ0) is 21.4. The van der Waals surface area contributed by atoms with Gasteiger partial charge in [-0.1, -0.05) is 42.5 Å². The number of carbonyl (C=O) groups excluding carboxylic acids is 3. The second kappa shape index (κ2) is 11.0. The van der Waals surface area contributed by atoms with E-state index in [0.29, 0.717) is 5.75 Å². The van der Waals surface area contributed by atoms with Crippen LogP contribution in [-0.4, -0.2) is 53.5 Å². The van der Waals surface area contributed by atoms with E-state index in [4.69, 9.17) is 18.9 Å². The molecule has 1 heterocycles. The van der Waals surface area contributed by atoms with Gasteiger partial charge in [-0.05, 0) is 12.5 Å². The molecule has 0 radical (unpaired) electrons. The molecule has 0 unspecified atom stereocenters. The Kier molecular flexibility index (Phi) is 8.72. The van der Waals surface area contributed by atoms with Gasteiger partial charge in [0.15, 0.2) is 18.3 Å². The Balaban J connectivity index is 2.15. The van der Waals surface area contributed by atoms with Crippen LogP contribution < -0.4 is 0 Å². The van der Waals surface area contributed by atoms with E-state index in [9.17, 15) is 14.4 Å². The van der Waals surface area contributed by atoms with Gasteiger partial charge in [0.05, 0.1) is 6.10 Å². The Morgan fingerprint density at radius 3 is 2.07 bits per heavy atom. The second-order valence-electron chi connectivity index (χ2n) is 6.58. The number of hydrogen-bond acceptors (Lipinski definition) is 8. The summed E-state index contributed by atoms with van der Waals surface area (Å²) in [6.07, 6.45) is 0.651. The summed E-state index contributed by atoms with van der Waals surface area (Å²) in [4.78, 5) is 34.8. The fraction of sp³-hybridized carbons (Fsp3) is 0.476. The molecule has 0 amide bonds. The van der Waals surface area contributed by atoms with Crippen molar-refractivity contribution in [2.24, 2.45) is 0 Å². The molecular weight excluding hydrogens is 396 g/mol. The number of rotatable bonds is 7. The molecule has 2 rings (SSSR count). The molecule has 0 bridgehead atoms. The van der Waals surface area contributed by atoms with Gasteiger partial charge in [0.2, 0.25) is 0 Å².